The van der Waals surface area contributed by atoms with Crippen LogP contribution in [0.4, 0.5) is 17.1 Å². The van der Waals surface area contributed by atoms with Gasteiger partial charge in [0.05, 0.1) is 11.4 Å². The maximum absolute atomic E-state index is 6.15. The second kappa shape index (κ2) is 7.01. The van der Waals surface area contributed by atoms with Crippen LogP contribution in [-0.2, 0) is 0 Å². The van der Waals surface area contributed by atoms with Gasteiger partial charge >= 0.3 is 0 Å². The fourth-order valence-electron chi connectivity index (χ4n) is 4.81. The minimum absolute atomic E-state index is 0.866. The van der Waals surface area contributed by atoms with Crippen LogP contribution in [0.5, 0.6) is 11.5 Å². The first-order valence-corrected chi connectivity index (χ1v) is 11.1. The van der Waals surface area contributed by atoms with Gasteiger partial charge in [-0.15, -0.1) is 0 Å². The molecule has 6 aromatic rings. The molecule has 7 rings (SSSR count). The van der Waals surface area contributed by atoms with E-state index in [2.05, 4.69) is 88.7 Å². The summed E-state index contributed by atoms with van der Waals surface area (Å²) in [5.41, 5.74) is 7.94. The van der Waals surface area contributed by atoms with Gasteiger partial charge in [-0.25, -0.2) is 0 Å². The van der Waals surface area contributed by atoms with Gasteiger partial charge < -0.3 is 14.6 Å². The van der Waals surface area contributed by atoms with Crippen LogP contribution in [0.25, 0.3) is 32.9 Å². The van der Waals surface area contributed by atoms with Crippen LogP contribution in [-0.4, -0.2) is 4.98 Å². The van der Waals surface area contributed by atoms with E-state index in [1.54, 1.807) is 0 Å². The number of para-hydroxylation sites is 5. The summed E-state index contributed by atoms with van der Waals surface area (Å²) in [5, 5.41) is 2.51. The van der Waals surface area contributed by atoms with E-state index in [0.29, 0.717) is 0 Å². The number of aromatic nitrogens is 1. The molecule has 0 saturated carbocycles. The summed E-state index contributed by atoms with van der Waals surface area (Å²) in [5.74, 6) is 1.73. The SMILES string of the molecule is c1ccc2c(c1)Oc1ccccc1N2c1ccc(-c2ccc3[nH]c4ccccc4c3c2)cc1. The number of fused-ring (bicyclic) bond motifs is 5. The molecule has 0 fully saturated rings. The molecule has 1 aromatic heterocycles. The number of nitrogens with zero attached hydrogens (tertiary/aromatic N) is 1. The highest BCUT2D eigenvalue weighted by Crippen LogP contribution is 2.50. The first-order valence-electron chi connectivity index (χ1n) is 11.1. The number of rotatable bonds is 2. The lowest BCUT2D eigenvalue weighted by atomic mass is 10.0. The van der Waals surface area contributed by atoms with Crippen molar-refractivity contribution in [2.75, 3.05) is 4.90 Å². The minimum atomic E-state index is 0.866. The number of hydrogen-bond acceptors (Lipinski definition) is 2. The van der Waals surface area contributed by atoms with Gasteiger partial charge in [0.1, 0.15) is 0 Å². The normalized spacial score (nSPS) is 12.4. The molecule has 5 aromatic carbocycles. The predicted octanol–water partition coefficient (Wildman–Crippen LogP) is 8.56. The molecule has 0 aliphatic carbocycles. The zero-order valence-electron chi connectivity index (χ0n) is 17.8. The standard InChI is InChI=1S/C30H20N2O/c1-2-8-25-23(7-1)24-19-21(15-18-26(24)31-25)20-13-16-22(17-14-20)32-27-9-3-5-11-29(27)33-30-12-6-4-10-28(30)32/h1-19,31H. The van der Waals surface area contributed by atoms with Gasteiger partial charge in [-0.1, -0.05) is 60.7 Å². The van der Waals surface area contributed by atoms with Gasteiger partial charge in [0.15, 0.2) is 11.5 Å². The van der Waals surface area contributed by atoms with Crippen molar-refractivity contribution in [2.24, 2.45) is 0 Å². The molecule has 0 bridgehead atoms. The summed E-state index contributed by atoms with van der Waals surface area (Å²) < 4.78 is 6.15. The molecule has 0 amide bonds. The summed E-state index contributed by atoms with van der Waals surface area (Å²) in [4.78, 5) is 5.77. The Morgan fingerprint density at radius 1 is 0.515 bits per heavy atom. The van der Waals surface area contributed by atoms with Crippen LogP contribution >= 0.6 is 0 Å². The van der Waals surface area contributed by atoms with Crippen LogP contribution in [0.1, 0.15) is 0 Å². The molecule has 3 heteroatoms. The molecule has 0 radical (unpaired) electrons. The highest BCUT2D eigenvalue weighted by Gasteiger charge is 2.25. The number of aromatic amines is 1. The van der Waals surface area contributed by atoms with Crippen LogP contribution in [0.15, 0.2) is 115 Å². The Bertz CT molecular complexity index is 1600. The first kappa shape index (κ1) is 18.1. The van der Waals surface area contributed by atoms with E-state index in [1.165, 1.54) is 27.4 Å². The van der Waals surface area contributed by atoms with E-state index in [9.17, 15) is 0 Å². The second-order valence-corrected chi connectivity index (χ2v) is 8.35. The third-order valence-electron chi connectivity index (χ3n) is 6.40. The van der Waals surface area contributed by atoms with Crippen molar-refractivity contribution in [2.45, 2.75) is 0 Å². The molecular formula is C30H20N2O. The summed E-state index contributed by atoms with van der Waals surface area (Å²) in [6.45, 7) is 0. The molecule has 3 nitrogen and oxygen atoms in total. The van der Waals surface area contributed by atoms with Crippen molar-refractivity contribution in [1.29, 1.82) is 0 Å². The Morgan fingerprint density at radius 3 is 1.88 bits per heavy atom. The lowest BCUT2D eigenvalue weighted by Crippen LogP contribution is -2.15. The molecule has 2 heterocycles. The Labute approximate surface area is 191 Å². The van der Waals surface area contributed by atoms with Crippen molar-refractivity contribution in [3.63, 3.8) is 0 Å². The highest BCUT2D eigenvalue weighted by atomic mass is 16.5. The van der Waals surface area contributed by atoms with Crippen molar-refractivity contribution in [3.8, 4) is 22.6 Å². The summed E-state index contributed by atoms with van der Waals surface area (Å²) in [7, 11) is 0. The lowest BCUT2D eigenvalue weighted by Gasteiger charge is -2.32. The fraction of sp³-hybridized carbons (Fsp3) is 0. The van der Waals surface area contributed by atoms with Crippen molar-refractivity contribution in [3.05, 3.63) is 115 Å². The largest absolute Gasteiger partial charge is 0.453 e. The van der Waals surface area contributed by atoms with Gasteiger partial charge in [-0.3, -0.25) is 0 Å². The third kappa shape index (κ3) is 2.83. The van der Waals surface area contributed by atoms with Gasteiger partial charge in [0, 0.05) is 27.5 Å². The van der Waals surface area contributed by atoms with Crippen molar-refractivity contribution < 1.29 is 4.74 Å². The van der Waals surface area contributed by atoms with E-state index in [1.807, 2.05) is 36.4 Å². The molecule has 0 atom stereocenters. The number of ether oxygens (including phenoxy) is 1. The van der Waals surface area contributed by atoms with Crippen LogP contribution in [0.2, 0.25) is 0 Å². The van der Waals surface area contributed by atoms with Gasteiger partial charge in [0.25, 0.3) is 0 Å². The summed E-state index contributed by atoms with van der Waals surface area (Å²) in [6, 6.07) is 40.2. The molecule has 1 aliphatic rings. The zero-order chi connectivity index (χ0) is 21.8. The molecule has 0 saturated heterocycles. The molecule has 156 valence electrons. The van der Waals surface area contributed by atoms with Gasteiger partial charge in [-0.05, 0) is 65.7 Å². The van der Waals surface area contributed by atoms with Gasteiger partial charge in [-0.2, -0.15) is 0 Å². The average Bonchev–Trinajstić information content (AvgIpc) is 3.25. The quantitative estimate of drug-likeness (QED) is 0.301. The fourth-order valence-corrected chi connectivity index (χ4v) is 4.81. The van der Waals surface area contributed by atoms with Crippen LogP contribution < -0.4 is 9.64 Å². The average molecular weight is 425 g/mol. The Morgan fingerprint density at radius 2 is 1.12 bits per heavy atom. The molecular weight excluding hydrogens is 404 g/mol. The first-order chi connectivity index (χ1) is 16.3. The molecule has 1 N–H and O–H groups in total. The van der Waals surface area contributed by atoms with Gasteiger partial charge in [0.2, 0.25) is 0 Å². The Hall–Kier alpha value is -4.50. The minimum Gasteiger partial charge on any atom is -0.453 e. The predicted molar refractivity (Wildman–Crippen MR) is 136 cm³/mol. The molecule has 0 unspecified atom stereocenters. The van der Waals surface area contributed by atoms with E-state index in [0.717, 1.165) is 34.1 Å². The Kier molecular flexibility index (Phi) is 3.84. The molecule has 1 aliphatic heterocycles. The molecule has 0 spiro atoms. The zero-order valence-corrected chi connectivity index (χ0v) is 17.8. The number of H-pyrrole nitrogens is 1. The van der Waals surface area contributed by atoms with Crippen LogP contribution in [0.3, 0.4) is 0 Å². The number of hydrogen-bond donors (Lipinski definition) is 1. The van der Waals surface area contributed by atoms with E-state index >= 15 is 0 Å². The van der Waals surface area contributed by atoms with Crippen molar-refractivity contribution in [1.82, 2.24) is 4.98 Å². The Balaban J connectivity index is 1.32. The summed E-state index contributed by atoms with van der Waals surface area (Å²) >= 11 is 0. The second-order valence-electron chi connectivity index (χ2n) is 8.35. The van der Waals surface area contributed by atoms with E-state index in [4.69, 9.17) is 4.74 Å². The topological polar surface area (TPSA) is 28.3 Å². The number of benzene rings is 5. The smallest absolute Gasteiger partial charge is 0.151 e. The summed E-state index contributed by atoms with van der Waals surface area (Å²) in [6.07, 6.45) is 0. The maximum Gasteiger partial charge on any atom is 0.151 e. The van der Waals surface area contributed by atoms with E-state index in [-0.39, 0.29) is 0 Å². The lowest BCUT2D eigenvalue weighted by molar-refractivity contribution is 0.477. The molecule has 33 heavy (non-hydrogen) atoms. The number of anilines is 3. The monoisotopic (exact) mass is 424 g/mol. The third-order valence-corrected chi connectivity index (χ3v) is 6.40. The van der Waals surface area contributed by atoms with E-state index < -0.39 is 0 Å². The maximum atomic E-state index is 6.15. The van der Waals surface area contributed by atoms with Crippen LogP contribution in [0, 0.1) is 0 Å². The number of nitrogens with one attached hydrogen (secondary N) is 1. The highest BCUT2D eigenvalue weighted by molar-refractivity contribution is 6.08. The van der Waals surface area contributed by atoms with Crippen molar-refractivity contribution >= 4 is 38.9 Å².